The molecule has 1 heterocycles. The van der Waals surface area contributed by atoms with E-state index in [0.29, 0.717) is 24.0 Å². The predicted molar refractivity (Wildman–Crippen MR) is 75.3 cm³/mol. The Labute approximate surface area is 116 Å². The lowest BCUT2D eigenvalue weighted by atomic mass is 10.1. The first-order valence-corrected chi connectivity index (χ1v) is 6.58. The van der Waals surface area contributed by atoms with Crippen molar-refractivity contribution in [2.24, 2.45) is 0 Å². The molecule has 0 aliphatic heterocycles. The molecule has 0 radical (unpaired) electrons. The molecule has 0 unspecified atom stereocenters. The van der Waals surface area contributed by atoms with E-state index in [1.807, 2.05) is 12.1 Å². The van der Waals surface area contributed by atoms with Crippen LogP contribution in [0.1, 0.15) is 30.0 Å². The van der Waals surface area contributed by atoms with Crippen molar-refractivity contribution in [2.75, 3.05) is 5.32 Å². The Balaban J connectivity index is 1.77. The maximum Gasteiger partial charge on any atom is 0.293 e. The molecule has 2 aromatic rings. The molecular formula is C15H14N4O. The molecule has 5 nitrogen and oxygen atoms in total. The third-order valence-electron chi connectivity index (χ3n) is 3.32. The van der Waals surface area contributed by atoms with E-state index >= 15 is 0 Å². The van der Waals surface area contributed by atoms with E-state index in [9.17, 15) is 4.79 Å². The summed E-state index contributed by atoms with van der Waals surface area (Å²) >= 11 is 0. The highest BCUT2D eigenvalue weighted by Gasteiger charge is 2.25. The molecule has 0 spiro atoms. The Hall–Kier alpha value is -2.61. The summed E-state index contributed by atoms with van der Waals surface area (Å²) in [6.45, 7) is 0.479. The summed E-state index contributed by atoms with van der Waals surface area (Å²) in [7, 11) is 0. The minimum atomic E-state index is -0.0774. The van der Waals surface area contributed by atoms with E-state index in [-0.39, 0.29) is 5.56 Å². The van der Waals surface area contributed by atoms with E-state index < -0.39 is 0 Å². The minimum absolute atomic E-state index is 0.0774. The van der Waals surface area contributed by atoms with Crippen LogP contribution in [0.25, 0.3) is 0 Å². The quantitative estimate of drug-likeness (QED) is 0.919. The molecule has 0 amide bonds. The van der Waals surface area contributed by atoms with Gasteiger partial charge in [-0.05, 0) is 30.5 Å². The Morgan fingerprint density at radius 3 is 3.05 bits per heavy atom. The van der Waals surface area contributed by atoms with E-state index in [2.05, 4.69) is 16.4 Å². The number of anilines is 1. The number of hydrogen-bond acceptors (Lipinski definition) is 4. The Bertz CT molecular complexity index is 725. The van der Waals surface area contributed by atoms with Gasteiger partial charge in [0.2, 0.25) is 0 Å². The SMILES string of the molecule is N#Cc1cccc(CNc2nccn(C3CC3)c2=O)c1. The predicted octanol–water partition coefficient (Wildman–Crippen LogP) is 2.06. The fourth-order valence-electron chi connectivity index (χ4n) is 2.12. The van der Waals surface area contributed by atoms with Crippen molar-refractivity contribution in [1.29, 1.82) is 5.26 Å². The highest BCUT2D eigenvalue weighted by Crippen LogP contribution is 2.33. The normalized spacial score (nSPS) is 13.8. The standard InChI is InChI=1S/C15H14N4O/c16-9-11-2-1-3-12(8-11)10-18-14-15(20)19(7-6-17-14)13-4-5-13/h1-3,6-8,13H,4-5,10H2,(H,17,18). The van der Waals surface area contributed by atoms with Gasteiger partial charge in [-0.25, -0.2) is 4.98 Å². The van der Waals surface area contributed by atoms with Gasteiger partial charge >= 0.3 is 0 Å². The van der Waals surface area contributed by atoms with Crippen LogP contribution in [-0.2, 0) is 6.54 Å². The maximum atomic E-state index is 12.2. The second-order valence-electron chi connectivity index (χ2n) is 4.89. The first kappa shape index (κ1) is 12.4. The van der Waals surface area contributed by atoms with Crippen LogP contribution in [0.5, 0.6) is 0 Å². The third-order valence-corrected chi connectivity index (χ3v) is 3.32. The van der Waals surface area contributed by atoms with E-state index in [4.69, 9.17) is 5.26 Å². The first-order valence-electron chi connectivity index (χ1n) is 6.58. The lowest BCUT2D eigenvalue weighted by Crippen LogP contribution is -2.23. The van der Waals surface area contributed by atoms with Crippen molar-refractivity contribution in [3.63, 3.8) is 0 Å². The summed E-state index contributed by atoms with van der Waals surface area (Å²) in [4.78, 5) is 16.3. The van der Waals surface area contributed by atoms with Gasteiger partial charge in [0, 0.05) is 25.0 Å². The monoisotopic (exact) mass is 266 g/mol. The van der Waals surface area contributed by atoms with Gasteiger partial charge in [0.1, 0.15) is 0 Å². The third kappa shape index (κ3) is 2.54. The van der Waals surface area contributed by atoms with Crippen LogP contribution in [0, 0.1) is 11.3 Å². The Morgan fingerprint density at radius 1 is 1.45 bits per heavy atom. The molecule has 0 atom stereocenters. The van der Waals surface area contributed by atoms with Crippen molar-refractivity contribution in [1.82, 2.24) is 9.55 Å². The molecule has 1 saturated carbocycles. The van der Waals surface area contributed by atoms with Crippen molar-refractivity contribution >= 4 is 5.82 Å². The van der Waals surface area contributed by atoms with Crippen LogP contribution >= 0.6 is 0 Å². The largest absolute Gasteiger partial charge is 0.361 e. The van der Waals surface area contributed by atoms with Gasteiger partial charge in [-0.1, -0.05) is 12.1 Å². The molecule has 1 aliphatic carbocycles. The van der Waals surface area contributed by atoms with Crippen LogP contribution in [0.15, 0.2) is 41.5 Å². The molecule has 1 aliphatic rings. The fourth-order valence-corrected chi connectivity index (χ4v) is 2.12. The molecule has 3 rings (SSSR count). The number of hydrogen-bond donors (Lipinski definition) is 1. The Morgan fingerprint density at radius 2 is 2.30 bits per heavy atom. The number of nitriles is 1. The Kier molecular flexibility index (Phi) is 3.21. The molecule has 100 valence electrons. The summed E-state index contributed by atoms with van der Waals surface area (Å²) < 4.78 is 1.74. The average molecular weight is 266 g/mol. The van der Waals surface area contributed by atoms with Crippen LogP contribution in [0.3, 0.4) is 0 Å². The number of aromatic nitrogens is 2. The zero-order chi connectivity index (χ0) is 13.9. The molecule has 1 aromatic carbocycles. The van der Waals surface area contributed by atoms with E-state index in [0.717, 1.165) is 18.4 Å². The van der Waals surface area contributed by atoms with Crippen molar-refractivity contribution < 1.29 is 0 Å². The molecule has 0 saturated heterocycles. The summed E-state index contributed by atoms with van der Waals surface area (Å²) in [5.41, 5.74) is 1.49. The highest BCUT2D eigenvalue weighted by molar-refractivity contribution is 5.37. The number of nitrogens with one attached hydrogen (secondary N) is 1. The molecular weight excluding hydrogens is 252 g/mol. The highest BCUT2D eigenvalue weighted by atomic mass is 16.1. The summed E-state index contributed by atoms with van der Waals surface area (Å²) in [5.74, 6) is 0.363. The molecule has 20 heavy (non-hydrogen) atoms. The zero-order valence-corrected chi connectivity index (χ0v) is 10.9. The van der Waals surface area contributed by atoms with Gasteiger partial charge < -0.3 is 9.88 Å². The van der Waals surface area contributed by atoms with Gasteiger partial charge in [0.25, 0.3) is 5.56 Å². The number of rotatable bonds is 4. The van der Waals surface area contributed by atoms with E-state index in [1.165, 1.54) is 0 Å². The lowest BCUT2D eigenvalue weighted by Gasteiger charge is -2.08. The number of nitrogens with zero attached hydrogens (tertiary/aromatic N) is 3. The number of benzene rings is 1. The molecule has 5 heteroatoms. The zero-order valence-electron chi connectivity index (χ0n) is 10.9. The second-order valence-corrected chi connectivity index (χ2v) is 4.89. The van der Waals surface area contributed by atoms with Crippen LogP contribution in [0.4, 0.5) is 5.82 Å². The topological polar surface area (TPSA) is 70.7 Å². The first-order chi connectivity index (χ1) is 9.78. The molecule has 0 bridgehead atoms. The average Bonchev–Trinajstić information content (AvgIpc) is 3.31. The summed E-state index contributed by atoms with van der Waals surface area (Å²) in [5, 5.41) is 11.9. The molecule has 1 fully saturated rings. The lowest BCUT2D eigenvalue weighted by molar-refractivity contribution is 0.699. The van der Waals surface area contributed by atoms with Crippen molar-refractivity contribution in [3.8, 4) is 6.07 Å². The van der Waals surface area contributed by atoms with Gasteiger partial charge in [0.15, 0.2) is 5.82 Å². The van der Waals surface area contributed by atoms with Gasteiger partial charge in [0.05, 0.1) is 11.6 Å². The van der Waals surface area contributed by atoms with Crippen molar-refractivity contribution in [2.45, 2.75) is 25.4 Å². The second kappa shape index (κ2) is 5.17. The van der Waals surface area contributed by atoms with Crippen molar-refractivity contribution in [3.05, 3.63) is 58.1 Å². The minimum Gasteiger partial charge on any atom is -0.361 e. The van der Waals surface area contributed by atoms with Crippen LogP contribution in [0.2, 0.25) is 0 Å². The van der Waals surface area contributed by atoms with Crippen LogP contribution < -0.4 is 10.9 Å². The van der Waals surface area contributed by atoms with E-state index in [1.54, 1.807) is 29.1 Å². The van der Waals surface area contributed by atoms with Gasteiger partial charge in [-0.3, -0.25) is 4.79 Å². The molecule has 1 aromatic heterocycles. The van der Waals surface area contributed by atoms with Gasteiger partial charge in [-0.15, -0.1) is 0 Å². The summed E-state index contributed by atoms with van der Waals surface area (Å²) in [6.07, 6.45) is 5.51. The summed E-state index contributed by atoms with van der Waals surface area (Å²) in [6, 6.07) is 9.74. The molecule has 1 N–H and O–H groups in total. The smallest absolute Gasteiger partial charge is 0.293 e. The maximum absolute atomic E-state index is 12.2. The van der Waals surface area contributed by atoms with Gasteiger partial charge in [-0.2, -0.15) is 5.26 Å². The fraction of sp³-hybridized carbons (Fsp3) is 0.267. The van der Waals surface area contributed by atoms with Crippen LogP contribution in [-0.4, -0.2) is 9.55 Å².